The summed E-state index contributed by atoms with van der Waals surface area (Å²) in [5.74, 6) is 0.0296. The van der Waals surface area contributed by atoms with E-state index < -0.39 is 0 Å². The third-order valence-corrected chi connectivity index (χ3v) is 3.79. The topological polar surface area (TPSA) is 41.1 Å². The molecular formula is C14H17BrN2O. The number of carbonyl (C=O) groups excluding carboxylic acids is 1. The van der Waals surface area contributed by atoms with Crippen molar-refractivity contribution in [3.63, 3.8) is 0 Å². The first-order valence-corrected chi connectivity index (χ1v) is 6.83. The van der Waals surface area contributed by atoms with Gasteiger partial charge < -0.3 is 10.6 Å². The van der Waals surface area contributed by atoms with E-state index in [2.05, 4.69) is 26.6 Å². The highest BCUT2D eigenvalue weighted by Gasteiger charge is 2.17. The summed E-state index contributed by atoms with van der Waals surface area (Å²) in [4.78, 5) is 12.0. The summed E-state index contributed by atoms with van der Waals surface area (Å²) >= 11 is 3.40. The summed E-state index contributed by atoms with van der Waals surface area (Å²) in [6.07, 6.45) is 0. The third-order valence-electron chi connectivity index (χ3n) is 3.27. The first-order valence-electron chi connectivity index (χ1n) is 6.03. The summed E-state index contributed by atoms with van der Waals surface area (Å²) in [5.41, 5.74) is 3.16. The molecule has 1 aliphatic heterocycles. The fourth-order valence-corrected chi connectivity index (χ4v) is 2.08. The van der Waals surface area contributed by atoms with Crippen molar-refractivity contribution < 1.29 is 4.79 Å². The smallest absolute Gasteiger partial charge is 0.247 e. The zero-order chi connectivity index (χ0) is 13.1. The van der Waals surface area contributed by atoms with E-state index in [1.807, 2.05) is 38.1 Å². The number of hydrogen-bond donors (Lipinski definition) is 2. The van der Waals surface area contributed by atoms with Gasteiger partial charge in [-0.05, 0) is 37.1 Å². The summed E-state index contributed by atoms with van der Waals surface area (Å²) < 4.78 is 1.05. The maximum absolute atomic E-state index is 12.0. The number of halogens is 1. The van der Waals surface area contributed by atoms with Crippen LogP contribution in [0.15, 0.2) is 39.9 Å². The minimum absolute atomic E-state index is 0.0224. The van der Waals surface area contributed by atoms with Crippen molar-refractivity contribution in [1.29, 1.82) is 0 Å². The van der Waals surface area contributed by atoms with Gasteiger partial charge in [-0.3, -0.25) is 4.79 Å². The molecule has 96 valence electrons. The SMILES string of the molecule is CC(C(=O)N[C@H](C)c1ccc(Br)cc1)=C1CNC1. The van der Waals surface area contributed by atoms with E-state index in [4.69, 9.17) is 0 Å². The number of carbonyl (C=O) groups is 1. The van der Waals surface area contributed by atoms with Crippen molar-refractivity contribution in [3.05, 3.63) is 45.4 Å². The molecule has 0 aliphatic carbocycles. The largest absolute Gasteiger partial charge is 0.346 e. The number of amides is 1. The molecule has 3 nitrogen and oxygen atoms in total. The summed E-state index contributed by atoms with van der Waals surface area (Å²) in [7, 11) is 0. The van der Waals surface area contributed by atoms with E-state index in [0.717, 1.165) is 28.7 Å². The highest BCUT2D eigenvalue weighted by Crippen LogP contribution is 2.17. The van der Waals surface area contributed by atoms with Gasteiger partial charge in [-0.15, -0.1) is 0 Å². The molecule has 0 aromatic heterocycles. The minimum Gasteiger partial charge on any atom is -0.346 e. The molecule has 1 amide bonds. The number of benzene rings is 1. The maximum Gasteiger partial charge on any atom is 0.247 e. The molecule has 0 radical (unpaired) electrons. The van der Waals surface area contributed by atoms with Crippen LogP contribution in [0.2, 0.25) is 0 Å². The second kappa shape index (κ2) is 5.67. The van der Waals surface area contributed by atoms with Crippen LogP contribution in [0, 0.1) is 0 Å². The first-order chi connectivity index (χ1) is 8.58. The molecule has 1 aromatic rings. The van der Waals surface area contributed by atoms with Crippen LogP contribution in [0.25, 0.3) is 0 Å². The van der Waals surface area contributed by atoms with Crippen LogP contribution in [0.3, 0.4) is 0 Å². The normalized spacial score (nSPS) is 15.8. The Morgan fingerprint density at radius 1 is 1.33 bits per heavy atom. The van der Waals surface area contributed by atoms with Crippen molar-refractivity contribution in [3.8, 4) is 0 Å². The summed E-state index contributed by atoms with van der Waals surface area (Å²) in [6, 6.07) is 8.03. The van der Waals surface area contributed by atoms with Crippen molar-refractivity contribution in [2.24, 2.45) is 0 Å². The molecule has 0 spiro atoms. The first kappa shape index (κ1) is 13.3. The maximum atomic E-state index is 12.0. The second-order valence-corrected chi connectivity index (χ2v) is 5.49. The predicted molar refractivity (Wildman–Crippen MR) is 76.3 cm³/mol. The Kier molecular flexibility index (Phi) is 4.19. The van der Waals surface area contributed by atoms with Crippen LogP contribution in [0.4, 0.5) is 0 Å². The van der Waals surface area contributed by atoms with Gasteiger partial charge in [0.1, 0.15) is 0 Å². The zero-order valence-corrected chi connectivity index (χ0v) is 12.2. The van der Waals surface area contributed by atoms with Crippen LogP contribution in [0.5, 0.6) is 0 Å². The second-order valence-electron chi connectivity index (χ2n) is 4.58. The fraction of sp³-hybridized carbons (Fsp3) is 0.357. The Morgan fingerprint density at radius 2 is 1.94 bits per heavy atom. The Hall–Kier alpha value is -1.13. The number of nitrogens with one attached hydrogen (secondary N) is 2. The van der Waals surface area contributed by atoms with Crippen LogP contribution < -0.4 is 10.6 Å². The highest BCUT2D eigenvalue weighted by molar-refractivity contribution is 9.10. The van der Waals surface area contributed by atoms with Crippen molar-refractivity contribution in [2.45, 2.75) is 19.9 Å². The zero-order valence-electron chi connectivity index (χ0n) is 10.6. The van der Waals surface area contributed by atoms with Gasteiger partial charge in [0.15, 0.2) is 0 Å². The Bertz CT molecular complexity index is 473. The monoisotopic (exact) mass is 308 g/mol. The van der Waals surface area contributed by atoms with Gasteiger partial charge in [0, 0.05) is 23.1 Å². The highest BCUT2D eigenvalue weighted by atomic mass is 79.9. The molecule has 1 heterocycles. The van der Waals surface area contributed by atoms with Crippen molar-refractivity contribution in [2.75, 3.05) is 13.1 Å². The Balaban J connectivity index is 2.01. The Labute approximate surface area is 116 Å². The molecule has 18 heavy (non-hydrogen) atoms. The van der Waals surface area contributed by atoms with Gasteiger partial charge in [-0.25, -0.2) is 0 Å². The summed E-state index contributed by atoms with van der Waals surface area (Å²) in [5, 5.41) is 6.17. The molecule has 2 N–H and O–H groups in total. The molecule has 1 atom stereocenters. The molecule has 1 fully saturated rings. The van der Waals surface area contributed by atoms with Crippen LogP contribution in [-0.4, -0.2) is 19.0 Å². The molecule has 2 rings (SSSR count). The molecule has 0 saturated carbocycles. The van der Waals surface area contributed by atoms with Gasteiger partial charge >= 0.3 is 0 Å². The number of hydrogen-bond acceptors (Lipinski definition) is 2. The van der Waals surface area contributed by atoms with Crippen LogP contribution in [0.1, 0.15) is 25.5 Å². The van der Waals surface area contributed by atoms with E-state index in [9.17, 15) is 4.79 Å². The molecule has 1 aliphatic rings. The molecular weight excluding hydrogens is 292 g/mol. The third kappa shape index (κ3) is 3.00. The Morgan fingerprint density at radius 3 is 2.44 bits per heavy atom. The molecule has 0 bridgehead atoms. The van der Waals surface area contributed by atoms with E-state index in [1.54, 1.807) is 0 Å². The van der Waals surface area contributed by atoms with Gasteiger partial charge in [-0.1, -0.05) is 28.1 Å². The van der Waals surface area contributed by atoms with Crippen LogP contribution >= 0.6 is 15.9 Å². The van der Waals surface area contributed by atoms with E-state index >= 15 is 0 Å². The van der Waals surface area contributed by atoms with E-state index in [0.29, 0.717) is 0 Å². The van der Waals surface area contributed by atoms with Crippen molar-refractivity contribution in [1.82, 2.24) is 10.6 Å². The average molecular weight is 309 g/mol. The van der Waals surface area contributed by atoms with Gasteiger partial charge in [-0.2, -0.15) is 0 Å². The van der Waals surface area contributed by atoms with Crippen molar-refractivity contribution >= 4 is 21.8 Å². The minimum atomic E-state index is 0.0224. The lowest BCUT2D eigenvalue weighted by molar-refractivity contribution is -0.118. The van der Waals surface area contributed by atoms with Gasteiger partial charge in [0.2, 0.25) is 5.91 Å². The lowest BCUT2D eigenvalue weighted by atomic mass is 10.0. The predicted octanol–water partition coefficient (Wildman–Crippen LogP) is 2.55. The molecule has 1 saturated heterocycles. The van der Waals surface area contributed by atoms with E-state index in [1.165, 1.54) is 5.57 Å². The molecule has 1 aromatic carbocycles. The fourth-order valence-electron chi connectivity index (χ4n) is 1.82. The standard InChI is InChI=1S/C14H17BrN2O/c1-9(12-7-16-8-12)14(18)17-10(2)11-3-5-13(15)6-4-11/h3-6,10,16H,7-8H2,1-2H3,(H,17,18)/t10-/m1/s1. The van der Waals surface area contributed by atoms with Gasteiger partial charge in [0.25, 0.3) is 0 Å². The average Bonchev–Trinajstić information content (AvgIpc) is 2.27. The van der Waals surface area contributed by atoms with Gasteiger partial charge in [0.05, 0.1) is 6.04 Å². The molecule has 4 heteroatoms. The molecule has 0 unspecified atom stereocenters. The number of rotatable bonds is 3. The summed E-state index contributed by atoms with van der Waals surface area (Å²) in [6.45, 7) is 5.57. The van der Waals surface area contributed by atoms with Crippen LogP contribution in [-0.2, 0) is 4.79 Å². The lowest BCUT2D eigenvalue weighted by Crippen LogP contribution is -2.38. The quantitative estimate of drug-likeness (QED) is 0.843. The lowest BCUT2D eigenvalue weighted by Gasteiger charge is -2.22. The van der Waals surface area contributed by atoms with E-state index in [-0.39, 0.29) is 11.9 Å².